The van der Waals surface area contributed by atoms with Crippen molar-refractivity contribution in [2.24, 2.45) is 5.92 Å². The highest BCUT2D eigenvalue weighted by molar-refractivity contribution is 5.91. The summed E-state index contributed by atoms with van der Waals surface area (Å²) in [6, 6.07) is 4.92. The van der Waals surface area contributed by atoms with Gasteiger partial charge >= 0.3 is 0 Å². The second-order valence-electron chi connectivity index (χ2n) is 6.97. The van der Waals surface area contributed by atoms with Crippen molar-refractivity contribution < 1.29 is 9.59 Å². The predicted octanol–water partition coefficient (Wildman–Crippen LogP) is 1.19. The first-order valence-electron chi connectivity index (χ1n) is 8.84. The van der Waals surface area contributed by atoms with E-state index >= 15 is 0 Å². The summed E-state index contributed by atoms with van der Waals surface area (Å²) < 4.78 is 1.51. The smallest absolute Gasteiger partial charge is 0.250 e. The fourth-order valence-corrected chi connectivity index (χ4v) is 3.31. The van der Waals surface area contributed by atoms with E-state index < -0.39 is 5.54 Å². The Kier molecular flexibility index (Phi) is 5.02. The Labute approximate surface area is 141 Å². The molecule has 0 unspecified atom stereocenters. The lowest BCUT2D eigenvalue weighted by atomic mass is 9.95. The molecule has 6 heteroatoms. The highest BCUT2D eigenvalue weighted by atomic mass is 16.2. The van der Waals surface area contributed by atoms with Crippen molar-refractivity contribution in [3.63, 3.8) is 0 Å². The van der Waals surface area contributed by atoms with E-state index in [2.05, 4.69) is 10.6 Å². The van der Waals surface area contributed by atoms with E-state index in [1.54, 1.807) is 18.3 Å². The number of carbonyl (C=O) groups excluding carboxylic acids is 2. The maximum Gasteiger partial charge on any atom is 0.250 e. The lowest BCUT2D eigenvalue weighted by molar-refractivity contribution is -0.133. The predicted molar refractivity (Wildman–Crippen MR) is 90.4 cm³/mol. The van der Waals surface area contributed by atoms with Crippen molar-refractivity contribution in [3.8, 4) is 0 Å². The Hall–Kier alpha value is -2.11. The number of rotatable bonds is 7. The van der Waals surface area contributed by atoms with Gasteiger partial charge in [0.1, 0.15) is 5.54 Å². The van der Waals surface area contributed by atoms with Crippen LogP contribution in [0.2, 0.25) is 0 Å². The van der Waals surface area contributed by atoms with E-state index in [4.69, 9.17) is 0 Å². The minimum atomic E-state index is -0.756. The highest BCUT2D eigenvalue weighted by Crippen LogP contribution is 2.31. The number of hydrogen-bond acceptors (Lipinski definition) is 3. The number of hydrogen-bond donors (Lipinski definition) is 2. The molecule has 2 N–H and O–H groups in total. The summed E-state index contributed by atoms with van der Waals surface area (Å²) in [5.41, 5.74) is -0.878. The van der Waals surface area contributed by atoms with Gasteiger partial charge in [0.2, 0.25) is 11.8 Å². The number of amides is 2. The fraction of sp³-hybridized carbons (Fsp3) is 0.611. The molecule has 2 fully saturated rings. The first-order chi connectivity index (χ1) is 11.6. The molecule has 0 radical (unpaired) electrons. The lowest BCUT2D eigenvalue weighted by Gasteiger charge is -2.29. The molecule has 0 bridgehead atoms. The van der Waals surface area contributed by atoms with Crippen molar-refractivity contribution >= 4 is 11.8 Å². The molecule has 0 aromatic carbocycles. The summed E-state index contributed by atoms with van der Waals surface area (Å²) in [6.45, 7) is 1.04. The van der Waals surface area contributed by atoms with Gasteiger partial charge in [-0.1, -0.05) is 18.9 Å². The van der Waals surface area contributed by atoms with E-state index in [1.165, 1.54) is 23.5 Å². The average Bonchev–Trinajstić information content (AvgIpc) is 3.29. The summed E-state index contributed by atoms with van der Waals surface area (Å²) in [7, 11) is 0. The molecule has 1 aromatic heterocycles. The topological polar surface area (TPSA) is 80.2 Å². The molecule has 3 rings (SSSR count). The Bertz CT molecular complexity index is 657. The average molecular weight is 331 g/mol. The molecule has 0 atom stereocenters. The number of pyridine rings is 1. The van der Waals surface area contributed by atoms with Crippen LogP contribution in [0, 0.1) is 5.92 Å². The first kappa shape index (κ1) is 16.7. The first-order valence-corrected chi connectivity index (χ1v) is 8.84. The van der Waals surface area contributed by atoms with Crippen LogP contribution in [-0.4, -0.2) is 28.5 Å². The number of aryl methyl sites for hydroxylation is 1. The summed E-state index contributed by atoms with van der Waals surface area (Å²) in [6.07, 6.45) is 7.54. The standard InChI is InChI=1S/C18H25N3O3/c22-15(8-12-21-11-4-1-5-16(21)23)20-18(9-2-3-10-18)17(24)19-13-14-6-7-14/h1,4-5,11,14H,2-3,6-10,12-13H2,(H,19,24)(H,20,22). The van der Waals surface area contributed by atoms with Crippen LogP contribution in [0.5, 0.6) is 0 Å². The van der Waals surface area contributed by atoms with Crippen molar-refractivity contribution in [3.05, 3.63) is 34.7 Å². The molecular weight excluding hydrogens is 306 g/mol. The maximum atomic E-state index is 12.6. The minimum absolute atomic E-state index is 0.0443. The molecule has 0 spiro atoms. The molecule has 2 aliphatic rings. The molecule has 2 amide bonds. The van der Waals surface area contributed by atoms with Gasteiger partial charge < -0.3 is 15.2 Å². The molecule has 1 heterocycles. The van der Waals surface area contributed by atoms with Gasteiger partial charge in [-0.3, -0.25) is 14.4 Å². The molecule has 0 saturated heterocycles. The Morgan fingerprint density at radius 2 is 1.96 bits per heavy atom. The van der Waals surface area contributed by atoms with Gasteiger partial charge in [0.15, 0.2) is 0 Å². The molecule has 2 saturated carbocycles. The fourth-order valence-electron chi connectivity index (χ4n) is 3.31. The third-order valence-corrected chi connectivity index (χ3v) is 5.00. The van der Waals surface area contributed by atoms with Gasteiger partial charge in [0, 0.05) is 31.8 Å². The molecule has 1 aromatic rings. The third-order valence-electron chi connectivity index (χ3n) is 5.00. The Morgan fingerprint density at radius 1 is 1.21 bits per heavy atom. The lowest BCUT2D eigenvalue weighted by Crippen LogP contribution is -2.57. The van der Waals surface area contributed by atoms with Crippen LogP contribution in [-0.2, 0) is 16.1 Å². The Balaban J connectivity index is 1.56. The van der Waals surface area contributed by atoms with Crippen LogP contribution in [0.15, 0.2) is 29.2 Å². The summed E-state index contributed by atoms with van der Waals surface area (Å²) in [4.78, 5) is 36.6. The van der Waals surface area contributed by atoms with Gasteiger partial charge in [0.25, 0.3) is 5.56 Å². The maximum absolute atomic E-state index is 12.6. The largest absolute Gasteiger partial charge is 0.354 e. The molecule has 24 heavy (non-hydrogen) atoms. The zero-order valence-electron chi connectivity index (χ0n) is 13.9. The van der Waals surface area contributed by atoms with Crippen LogP contribution >= 0.6 is 0 Å². The minimum Gasteiger partial charge on any atom is -0.354 e. The van der Waals surface area contributed by atoms with E-state index in [0.717, 1.165) is 19.4 Å². The number of nitrogens with one attached hydrogen (secondary N) is 2. The molecule has 2 aliphatic carbocycles. The second kappa shape index (κ2) is 7.20. The highest BCUT2D eigenvalue weighted by Gasteiger charge is 2.42. The number of carbonyl (C=O) groups is 2. The van der Waals surface area contributed by atoms with Crippen LogP contribution < -0.4 is 16.2 Å². The van der Waals surface area contributed by atoms with E-state index in [-0.39, 0.29) is 23.8 Å². The van der Waals surface area contributed by atoms with Gasteiger partial charge in [-0.2, -0.15) is 0 Å². The SMILES string of the molecule is O=C(CCn1ccccc1=O)NC1(C(=O)NCC2CC2)CCCC1. The Morgan fingerprint density at radius 3 is 2.62 bits per heavy atom. The van der Waals surface area contributed by atoms with Gasteiger partial charge in [-0.05, 0) is 37.7 Å². The zero-order valence-corrected chi connectivity index (χ0v) is 13.9. The molecule has 0 aliphatic heterocycles. The second-order valence-corrected chi connectivity index (χ2v) is 6.97. The van der Waals surface area contributed by atoms with Crippen LogP contribution in [0.25, 0.3) is 0 Å². The summed E-state index contributed by atoms with van der Waals surface area (Å²) in [5, 5.41) is 5.97. The van der Waals surface area contributed by atoms with Gasteiger partial charge in [-0.25, -0.2) is 0 Å². The normalized spacial score (nSPS) is 19.0. The van der Waals surface area contributed by atoms with Crippen molar-refractivity contribution in [2.75, 3.05) is 6.54 Å². The van der Waals surface area contributed by atoms with Crippen molar-refractivity contribution in [2.45, 2.75) is 57.0 Å². The van der Waals surface area contributed by atoms with Crippen LogP contribution in [0.3, 0.4) is 0 Å². The zero-order chi connectivity index (χ0) is 17.0. The van der Waals surface area contributed by atoms with E-state index in [9.17, 15) is 14.4 Å². The number of nitrogens with zero attached hydrogens (tertiary/aromatic N) is 1. The summed E-state index contributed by atoms with van der Waals surface area (Å²) in [5.74, 6) is 0.402. The van der Waals surface area contributed by atoms with Crippen LogP contribution in [0.4, 0.5) is 0 Å². The van der Waals surface area contributed by atoms with Crippen LogP contribution in [0.1, 0.15) is 44.9 Å². The van der Waals surface area contributed by atoms with Gasteiger partial charge in [0.05, 0.1) is 0 Å². The van der Waals surface area contributed by atoms with Crippen molar-refractivity contribution in [1.29, 1.82) is 0 Å². The monoisotopic (exact) mass is 331 g/mol. The molecule has 130 valence electrons. The summed E-state index contributed by atoms with van der Waals surface area (Å²) >= 11 is 0. The van der Waals surface area contributed by atoms with Gasteiger partial charge in [-0.15, -0.1) is 0 Å². The molecular formula is C18H25N3O3. The quantitative estimate of drug-likeness (QED) is 0.788. The van der Waals surface area contributed by atoms with Crippen molar-refractivity contribution in [1.82, 2.24) is 15.2 Å². The number of aromatic nitrogens is 1. The third kappa shape index (κ3) is 4.04. The van der Waals surface area contributed by atoms with E-state index in [1.807, 2.05) is 0 Å². The molecule has 6 nitrogen and oxygen atoms in total. The van der Waals surface area contributed by atoms with E-state index in [0.29, 0.717) is 25.3 Å².